The van der Waals surface area contributed by atoms with Crippen molar-refractivity contribution in [2.75, 3.05) is 0 Å². The van der Waals surface area contributed by atoms with E-state index >= 15 is 0 Å². The maximum atomic E-state index is 11.3. The fraction of sp³-hybridized carbons (Fsp3) is 0.650. The summed E-state index contributed by atoms with van der Waals surface area (Å²) in [5.74, 6) is -0.909. The lowest BCUT2D eigenvalue weighted by Crippen LogP contribution is -2.41. The quantitative estimate of drug-likeness (QED) is 0.790. The van der Waals surface area contributed by atoms with Crippen LogP contribution in [0.3, 0.4) is 0 Å². The molecule has 4 nitrogen and oxygen atoms in total. The van der Waals surface area contributed by atoms with E-state index < -0.39 is 5.97 Å². The highest BCUT2D eigenvalue weighted by Gasteiger charge is 2.51. The predicted molar refractivity (Wildman–Crippen MR) is 106 cm³/mol. The van der Waals surface area contributed by atoms with Gasteiger partial charge in [-0.15, -0.1) is 11.8 Å². The van der Waals surface area contributed by atoms with Crippen LogP contribution in [-0.4, -0.2) is 34.6 Å². The van der Waals surface area contributed by atoms with Gasteiger partial charge in [0.05, 0.1) is 17.1 Å². The van der Waals surface area contributed by atoms with Crippen molar-refractivity contribution in [3.63, 3.8) is 0 Å². The van der Waals surface area contributed by atoms with Gasteiger partial charge in [0.1, 0.15) is 0 Å². The lowest BCUT2D eigenvalue weighted by molar-refractivity contribution is -0.142. The van der Waals surface area contributed by atoms with Crippen LogP contribution < -0.4 is 5.46 Å². The average Bonchev–Trinajstić information content (AvgIpc) is 2.79. The van der Waals surface area contributed by atoms with E-state index in [9.17, 15) is 9.90 Å². The Bertz CT molecular complexity index is 672. The Morgan fingerprint density at radius 2 is 1.96 bits per heavy atom. The Morgan fingerprint density at radius 1 is 1.31 bits per heavy atom. The van der Waals surface area contributed by atoms with Crippen LogP contribution >= 0.6 is 11.8 Å². The molecule has 0 spiro atoms. The third kappa shape index (κ3) is 3.83. The molecule has 0 radical (unpaired) electrons. The average molecular weight is 376 g/mol. The molecular weight excluding hydrogens is 347 g/mol. The van der Waals surface area contributed by atoms with Gasteiger partial charge in [0.2, 0.25) is 0 Å². The lowest BCUT2D eigenvalue weighted by atomic mass is 9.78. The number of hydrogen-bond acceptors (Lipinski definition) is 4. The van der Waals surface area contributed by atoms with Crippen molar-refractivity contribution in [2.24, 2.45) is 5.92 Å². The van der Waals surface area contributed by atoms with Crippen molar-refractivity contribution in [2.45, 2.75) is 81.6 Å². The normalized spacial score (nSPS) is 25.0. The zero-order valence-electron chi connectivity index (χ0n) is 16.4. The second kappa shape index (κ2) is 7.21. The second-order valence-electron chi connectivity index (χ2n) is 8.41. The summed E-state index contributed by atoms with van der Waals surface area (Å²) in [7, 11) is -0.329. The minimum atomic E-state index is -0.671. The number of carboxylic acids is 1. The van der Waals surface area contributed by atoms with Crippen LogP contribution in [0.4, 0.5) is 0 Å². The van der Waals surface area contributed by atoms with Crippen LogP contribution in [0.25, 0.3) is 0 Å². The Morgan fingerprint density at radius 3 is 2.54 bits per heavy atom. The van der Waals surface area contributed by atoms with Crippen molar-refractivity contribution in [1.82, 2.24) is 0 Å². The van der Waals surface area contributed by atoms with Crippen LogP contribution in [0.5, 0.6) is 0 Å². The van der Waals surface area contributed by atoms with Crippen LogP contribution in [-0.2, 0) is 20.5 Å². The molecular formula is C20H29BO4S. The van der Waals surface area contributed by atoms with E-state index in [0.29, 0.717) is 11.7 Å². The molecule has 2 aliphatic rings. The minimum Gasteiger partial charge on any atom is -0.481 e. The number of aryl methyl sites for hydroxylation is 1. The molecule has 1 saturated heterocycles. The van der Waals surface area contributed by atoms with Gasteiger partial charge in [-0.05, 0) is 70.5 Å². The Kier molecular flexibility index (Phi) is 5.49. The van der Waals surface area contributed by atoms with Gasteiger partial charge in [-0.3, -0.25) is 4.79 Å². The molecule has 26 heavy (non-hydrogen) atoms. The summed E-state index contributed by atoms with van der Waals surface area (Å²) in [6.07, 6.45) is 3.44. The van der Waals surface area contributed by atoms with E-state index in [-0.39, 0.29) is 24.2 Å². The van der Waals surface area contributed by atoms with Crippen LogP contribution in [0, 0.1) is 5.92 Å². The molecule has 142 valence electrons. The standard InChI is InChI=1S/C20H29BO4S/c1-6-13(18(22)23)12-16-9-7-14-11-15(8-10-17(14)26-16)21-24-19(2,3)20(4,5)25-21/h8,10-11,13,16H,6-7,9,12H2,1-5H3,(H,22,23). The van der Waals surface area contributed by atoms with Gasteiger partial charge in [0.15, 0.2) is 0 Å². The first-order valence-corrected chi connectivity index (χ1v) is 10.4. The van der Waals surface area contributed by atoms with Gasteiger partial charge in [-0.25, -0.2) is 0 Å². The first-order chi connectivity index (χ1) is 12.1. The zero-order chi connectivity index (χ0) is 19.1. The molecule has 3 rings (SSSR count). The summed E-state index contributed by atoms with van der Waals surface area (Å²) >= 11 is 1.82. The number of benzene rings is 1. The van der Waals surface area contributed by atoms with E-state index in [1.165, 1.54) is 10.5 Å². The number of rotatable bonds is 5. The van der Waals surface area contributed by atoms with Crippen LogP contribution in [0.1, 0.15) is 59.4 Å². The summed E-state index contributed by atoms with van der Waals surface area (Å²) in [6.45, 7) is 10.2. The predicted octanol–water partition coefficient (Wildman–Crippen LogP) is 3.89. The molecule has 0 saturated carbocycles. The fourth-order valence-corrected chi connectivity index (χ4v) is 4.90. The molecule has 2 aliphatic heterocycles. The van der Waals surface area contributed by atoms with E-state index in [1.54, 1.807) is 0 Å². The SMILES string of the molecule is CCC(CC1CCc2cc(B3OC(C)(C)C(C)(C)O3)ccc2S1)C(=O)O. The molecule has 1 aromatic carbocycles. The van der Waals surface area contributed by atoms with Gasteiger partial charge >= 0.3 is 13.1 Å². The minimum absolute atomic E-state index is 0.238. The smallest absolute Gasteiger partial charge is 0.481 e. The highest BCUT2D eigenvalue weighted by molar-refractivity contribution is 8.00. The number of hydrogen-bond donors (Lipinski definition) is 1. The van der Waals surface area contributed by atoms with Crippen LogP contribution in [0.15, 0.2) is 23.1 Å². The van der Waals surface area contributed by atoms with E-state index in [2.05, 4.69) is 45.9 Å². The third-order valence-corrected chi connectivity index (χ3v) is 7.44. The number of carbonyl (C=O) groups is 1. The summed E-state index contributed by atoms with van der Waals surface area (Å²) in [6, 6.07) is 6.44. The summed E-state index contributed by atoms with van der Waals surface area (Å²) < 4.78 is 12.3. The summed E-state index contributed by atoms with van der Waals surface area (Å²) in [5, 5.41) is 9.69. The van der Waals surface area contributed by atoms with E-state index in [0.717, 1.165) is 24.7 Å². The van der Waals surface area contributed by atoms with Gasteiger partial charge in [0, 0.05) is 10.1 Å². The first kappa shape index (κ1) is 19.8. The van der Waals surface area contributed by atoms with Gasteiger partial charge in [0.25, 0.3) is 0 Å². The molecule has 0 aromatic heterocycles. The first-order valence-electron chi connectivity index (χ1n) is 9.51. The Labute approximate surface area is 161 Å². The molecule has 6 heteroatoms. The number of thioether (sulfide) groups is 1. The van der Waals surface area contributed by atoms with Crippen molar-refractivity contribution in [1.29, 1.82) is 0 Å². The van der Waals surface area contributed by atoms with Gasteiger partial charge in [-0.1, -0.05) is 19.1 Å². The van der Waals surface area contributed by atoms with Gasteiger partial charge in [-0.2, -0.15) is 0 Å². The van der Waals surface area contributed by atoms with Crippen molar-refractivity contribution in [3.05, 3.63) is 23.8 Å². The third-order valence-electron chi connectivity index (χ3n) is 6.03. The monoisotopic (exact) mass is 376 g/mol. The molecule has 1 N–H and O–H groups in total. The van der Waals surface area contributed by atoms with Crippen molar-refractivity contribution >= 4 is 30.3 Å². The molecule has 2 unspecified atom stereocenters. The van der Waals surface area contributed by atoms with E-state index in [1.807, 2.05) is 18.7 Å². The zero-order valence-corrected chi connectivity index (χ0v) is 17.2. The number of carboxylic acid groups (broad SMARTS) is 1. The van der Waals surface area contributed by atoms with Crippen LogP contribution in [0.2, 0.25) is 0 Å². The molecule has 0 amide bonds. The van der Waals surface area contributed by atoms with Gasteiger partial charge < -0.3 is 14.4 Å². The second-order valence-corrected chi connectivity index (χ2v) is 9.76. The van der Waals surface area contributed by atoms with Crippen molar-refractivity contribution < 1.29 is 19.2 Å². The highest BCUT2D eigenvalue weighted by Crippen LogP contribution is 2.40. The molecule has 0 bridgehead atoms. The number of fused-ring (bicyclic) bond motifs is 1. The number of aliphatic carboxylic acids is 1. The maximum Gasteiger partial charge on any atom is 0.494 e. The largest absolute Gasteiger partial charge is 0.494 e. The Hall–Kier alpha value is -0.975. The van der Waals surface area contributed by atoms with E-state index in [4.69, 9.17) is 9.31 Å². The topological polar surface area (TPSA) is 55.8 Å². The molecule has 1 aromatic rings. The molecule has 2 atom stereocenters. The lowest BCUT2D eigenvalue weighted by Gasteiger charge is -2.32. The maximum absolute atomic E-state index is 11.3. The Balaban J connectivity index is 1.71. The molecule has 2 heterocycles. The highest BCUT2D eigenvalue weighted by atomic mass is 32.2. The molecule has 1 fully saturated rings. The summed E-state index contributed by atoms with van der Waals surface area (Å²) in [4.78, 5) is 12.6. The van der Waals surface area contributed by atoms with Crippen molar-refractivity contribution in [3.8, 4) is 0 Å². The fourth-order valence-electron chi connectivity index (χ4n) is 3.52. The molecule has 0 aliphatic carbocycles. The summed E-state index contributed by atoms with van der Waals surface area (Å²) in [5.41, 5.74) is 1.72.